The number of aromatic hydroxyl groups is 3. The van der Waals surface area contributed by atoms with E-state index in [1.807, 2.05) is 65.0 Å². The molecule has 0 heterocycles. The zero-order valence-electron chi connectivity index (χ0n) is 16.5. The molecule has 0 aliphatic carbocycles. The third-order valence-electron chi connectivity index (χ3n) is 5.37. The summed E-state index contributed by atoms with van der Waals surface area (Å²) in [5, 5.41) is 31.0. The Labute approximate surface area is 160 Å². The highest BCUT2D eigenvalue weighted by Gasteiger charge is 2.25. The molecule has 0 saturated carbocycles. The van der Waals surface area contributed by atoms with E-state index in [4.69, 9.17) is 0 Å². The second-order valence-corrected chi connectivity index (χ2v) is 7.44. The van der Waals surface area contributed by atoms with Gasteiger partial charge in [-0.1, -0.05) is 30.3 Å². The molecule has 0 aliphatic heterocycles. The minimum Gasteiger partial charge on any atom is -0.508 e. The van der Waals surface area contributed by atoms with Gasteiger partial charge in [-0.3, -0.25) is 0 Å². The first-order valence-electron chi connectivity index (χ1n) is 9.09. The lowest BCUT2D eigenvalue weighted by molar-refractivity contribution is 0.462. The van der Waals surface area contributed by atoms with Gasteiger partial charge in [0, 0.05) is 11.5 Å². The van der Waals surface area contributed by atoms with Gasteiger partial charge in [0.25, 0.3) is 0 Å². The van der Waals surface area contributed by atoms with E-state index in [-0.39, 0.29) is 23.2 Å². The Morgan fingerprint density at radius 3 is 1.52 bits per heavy atom. The Kier molecular flexibility index (Phi) is 4.88. The zero-order chi connectivity index (χ0) is 19.9. The van der Waals surface area contributed by atoms with Gasteiger partial charge in [-0.05, 0) is 85.7 Å². The first-order chi connectivity index (χ1) is 12.7. The number of phenolic OH excluding ortho intramolecular Hbond substituents is 3. The van der Waals surface area contributed by atoms with Crippen LogP contribution in [0.15, 0.2) is 42.5 Å². The molecule has 3 heteroatoms. The molecule has 27 heavy (non-hydrogen) atoms. The van der Waals surface area contributed by atoms with E-state index in [0.29, 0.717) is 0 Å². The van der Waals surface area contributed by atoms with Gasteiger partial charge in [-0.15, -0.1) is 0 Å². The van der Waals surface area contributed by atoms with Crippen molar-refractivity contribution >= 4 is 0 Å². The highest BCUT2D eigenvalue weighted by molar-refractivity contribution is 5.57. The van der Waals surface area contributed by atoms with Gasteiger partial charge < -0.3 is 15.3 Å². The van der Waals surface area contributed by atoms with E-state index in [9.17, 15) is 15.3 Å². The van der Waals surface area contributed by atoms with Crippen LogP contribution in [0.4, 0.5) is 0 Å². The molecule has 0 fully saturated rings. The van der Waals surface area contributed by atoms with Crippen LogP contribution in [-0.4, -0.2) is 15.3 Å². The summed E-state index contributed by atoms with van der Waals surface area (Å²) in [5.41, 5.74) is 7.18. The Morgan fingerprint density at radius 2 is 1.04 bits per heavy atom. The smallest absolute Gasteiger partial charge is 0.122 e. The lowest BCUT2D eigenvalue weighted by atomic mass is 9.79. The molecular weight excluding hydrogens is 336 g/mol. The maximum atomic E-state index is 10.8. The highest BCUT2D eigenvalue weighted by atomic mass is 16.3. The van der Waals surface area contributed by atoms with Crippen LogP contribution in [0.5, 0.6) is 17.2 Å². The van der Waals surface area contributed by atoms with E-state index in [1.54, 1.807) is 12.1 Å². The van der Waals surface area contributed by atoms with Crippen molar-refractivity contribution < 1.29 is 15.3 Å². The molecule has 3 nitrogen and oxygen atoms in total. The molecule has 0 radical (unpaired) electrons. The van der Waals surface area contributed by atoms with Gasteiger partial charge in [0.2, 0.25) is 0 Å². The van der Waals surface area contributed by atoms with Crippen LogP contribution in [0.1, 0.15) is 50.4 Å². The summed E-state index contributed by atoms with van der Waals surface area (Å²) >= 11 is 0. The van der Waals surface area contributed by atoms with Gasteiger partial charge in [0.1, 0.15) is 17.2 Å². The lowest BCUT2D eigenvalue weighted by Gasteiger charge is -2.25. The predicted octanol–water partition coefficient (Wildman–Crippen LogP) is 5.53. The minimum absolute atomic E-state index is 0.205. The third kappa shape index (κ3) is 3.37. The Hall–Kier alpha value is -2.94. The van der Waals surface area contributed by atoms with Crippen LogP contribution in [0.25, 0.3) is 0 Å². The zero-order valence-corrected chi connectivity index (χ0v) is 16.5. The molecule has 0 unspecified atom stereocenters. The van der Waals surface area contributed by atoms with Crippen molar-refractivity contribution in [2.24, 2.45) is 0 Å². The summed E-state index contributed by atoms with van der Waals surface area (Å²) in [4.78, 5) is 0. The maximum absolute atomic E-state index is 10.8. The Morgan fingerprint density at radius 1 is 0.556 bits per heavy atom. The molecule has 140 valence electrons. The molecule has 0 atom stereocenters. The number of hydrogen-bond acceptors (Lipinski definition) is 3. The van der Waals surface area contributed by atoms with E-state index in [2.05, 4.69) is 0 Å². The standard InChI is InChI=1S/C24H26O3/c1-13-7-6-8-18(24(13)27)23(19-9-16(4)21(25)11-14(19)2)20-10-17(5)22(26)12-15(20)3/h6-12,23,25-27H,1-5H3. The molecule has 0 saturated heterocycles. The normalized spacial score (nSPS) is 11.2. The summed E-state index contributed by atoms with van der Waals surface area (Å²) < 4.78 is 0. The molecule has 0 aliphatic rings. The van der Waals surface area contributed by atoms with E-state index < -0.39 is 0 Å². The average Bonchev–Trinajstić information content (AvgIpc) is 2.60. The number of aryl methyl sites for hydroxylation is 5. The van der Waals surface area contributed by atoms with Crippen LogP contribution < -0.4 is 0 Å². The van der Waals surface area contributed by atoms with Crippen LogP contribution in [0, 0.1) is 34.6 Å². The Balaban J connectivity index is 2.37. The van der Waals surface area contributed by atoms with Crippen molar-refractivity contribution in [3.63, 3.8) is 0 Å². The number of rotatable bonds is 3. The molecule has 3 aromatic carbocycles. The fourth-order valence-corrected chi connectivity index (χ4v) is 3.69. The average molecular weight is 362 g/mol. The Bertz CT molecular complexity index is 961. The first-order valence-corrected chi connectivity index (χ1v) is 9.09. The highest BCUT2D eigenvalue weighted by Crippen LogP contribution is 2.42. The summed E-state index contributed by atoms with van der Waals surface area (Å²) in [6.07, 6.45) is 0. The summed E-state index contributed by atoms with van der Waals surface area (Å²) in [5.74, 6) is 0.602. The minimum atomic E-state index is -0.205. The second-order valence-electron chi connectivity index (χ2n) is 7.44. The summed E-state index contributed by atoms with van der Waals surface area (Å²) in [6, 6.07) is 13.3. The van der Waals surface area contributed by atoms with Crippen molar-refractivity contribution in [2.45, 2.75) is 40.5 Å². The molecule has 3 N–H and O–H groups in total. The van der Waals surface area contributed by atoms with Crippen LogP contribution in [0.2, 0.25) is 0 Å². The van der Waals surface area contributed by atoms with Gasteiger partial charge in [-0.2, -0.15) is 0 Å². The molecule has 0 amide bonds. The molecule has 0 spiro atoms. The molecule has 3 rings (SSSR count). The van der Waals surface area contributed by atoms with Crippen molar-refractivity contribution in [2.75, 3.05) is 0 Å². The molecule has 0 aromatic heterocycles. The van der Waals surface area contributed by atoms with E-state index in [1.165, 1.54) is 0 Å². The van der Waals surface area contributed by atoms with Crippen molar-refractivity contribution in [1.82, 2.24) is 0 Å². The van der Waals surface area contributed by atoms with Gasteiger partial charge in [0.15, 0.2) is 0 Å². The maximum Gasteiger partial charge on any atom is 0.122 e. The first kappa shape index (κ1) is 18.8. The van der Waals surface area contributed by atoms with Gasteiger partial charge in [-0.25, -0.2) is 0 Å². The topological polar surface area (TPSA) is 60.7 Å². The third-order valence-corrected chi connectivity index (χ3v) is 5.37. The molecule has 3 aromatic rings. The van der Waals surface area contributed by atoms with Crippen LogP contribution >= 0.6 is 0 Å². The number of para-hydroxylation sites is 1. The predicted molar refractivity (Wildman–Crippen MR) is 109 cm³/mol. The fraction of sp³-hybridized carbons (Fsp3) is 0.250. The number of benzene rings is 3. The second kappa shape index (κ2) is 6.99. The van der Waals surface area contributed by atoms with E-state index >= 15 is 0 Å². The van der Waals surface area contributed by atoms with Crippen LogP contribution in [-0.2, 0) is 0 Å². The molecular formula is C24H26O3. The fourth-order valence-electron chi connectivity index (χ4n) is 3.69. The SMILES string of the molecule is Cc1cc(C(c2cc(C)c(O)cc2C)c2cccc(C)c2O)c(C)cc1O. The largest absolute Gasteiger partial charge is 0.508 e. The number of hydrogen-bond donors (Lipinski definition) is 3. The van der Waals surface area contributed by atoms with Crippen molar-refractivity contribution in [3.05, 3.63) is 87.0 Å². The quantitative estimate of drug-likeness (QED) is 0.537. The van der Waals surface area contributed by atoms with Gasteiger partial charge in [0.05, 0.1) is 0 Å². The van der Waals surface area contributed by atoms with Crippen molar-refractivity contribution in [1.29, 1.82) is 0 Å². The van der Waals surface area contributed by atoms with Crippen molar-refractivity contribution in [3.8, 4) is 17.2 Å². The summed E-state index contributed by atoms with van der Waals surface area (Å²) in [6.45, 7) is 9.58. The number of phenols is 3. The monoisotopic (exact) mass is 362 g/mol. The summed E-state index contributed by atoms with van der Waals surface area (Å²) in [7, 11) is 0. The molecule has 0 bridgehead atoms. The van der Waals surface area contributed by atoms with Crippen LogP contribution in [0.3, 0.4) is 0 Å². The lowest BCUT2D eigenvalue weighted by Crippen LogP contribution is -2.09. The van der Waals surface area contributed by atoms with Gasteiger partial charge >= 0.3 is 0 Å². The van der Waals surface area contributed by atoms with E-state index in [0.717, 1.165) is 44.5 Å².